The van der Waals surface area contributed by atoms with Crippen molar-refractivity contribution in [2.24, 2.45) is 0 Å². The topological polar surface area (TPSA) is 80.4 Å². The van der Waals surface area contributed by atoms with E-state index in [0.29, 0.717) is 23.1 Å². The number of thiophene rings is 1. The van der Waals surface area contributed by atoms with Crippen molar-refractivity contribution < 1.29 is 14.7 Å². The molecule has 5 heteroatoms. The molecule has 1 aromatic rings. The summed E-state index contributed by atoms with van der Waals surface area (Å²) in [6.45, 7) is 1.79. The molecular weight excluding hydrogens is 190 g/mol. The van der Waals surface area contributed by atoms with Crippen molar-refractivity contribution in [1.29, 1.82) is 0 Å². The highest BCUT2D eigenvalue weighted by atomic mass is 32.1. The average Bonchev–Trinajstić information content (AvgIpc) is 2.41. The van der Waals surface area contributed by atoms with Crippen molar-refractivity contribution in [3.05, 3.63) is 16.0 Å². The van der Waals surface area contributed by atoms with E-state index in [-0.39, 0.29) is 10.6 Å². The molecule has 0 amide bonds. The van der Waals surface area contributed by atoms with E-state index in [0.717, 1.165) is 11.3 Å². The number of rotatable bonds is 3. The molecule has 0 radical (unpaired) electrons. The number of carbonyl (C=O) groups excluding carboxylic acids is 1. The molecule has 0 aliphatic heterocycles. The van der Waals surface area contributed by atoms with Crippen LogP contribution in [-0.2, 0) is 6.42 Å². The third kappa shape index (κ3) is 1.55. The molecule has 13 heavy (non-hydrogen) atoms. The quantitative estimate of drug-likeness (QED) is 0.721. The number of anilines is 1. The van der Waals surface area contributed by atoms with Crippen molar-refractivity contribution in [2.45, 2.75) is 13.3 Å². The van der Waals surface area contributed by atoms with Gasteiger partial charge in [-0.15, -0.1) is 11.3 Å². The van der Waals surface area contributed by atoms with E-state index < -0.39 is 5.97 Å². The van der Waals surface area contributed by atoms with Crippen LogP contribution in [0.5, 0.6) is 0 Å². The van der Waals surface area contributed by atoms with Gasteiger partial charge in [-0.3, -0.25) is 4.79 Å². The molecule has 1 aromatic heterocycles. The van der Waals surface area contributed by atoms with E-state index >= 15 is 0 Å². The van der Waals surface area contributed by atoms with Gasteiger partial charge in [-0.05, 0) is 12.0 Å². The van der Waals surface area contributed by atoms with Crippen molar-refractivity contribution in [3.63, 3.8) is 0 Å². The first-order valence-electron chi connectivity index (χ1n) is 3.71. The Balaban J connectivity index is 3.39. The molecule has 0 aliphatic rings. The maximum absolute atomic E-state index is 10.7. The predicted molar refractivity (Wildman–Crippen MR) is 50.5 cm³/mol. The number of carboxylic acids is 1. The Morgan fingerprint density at radius 3 is 2.69 bits per heavy atom. The van der Waals surface area contributed by atoms with Gasteiger partial charge in [0.1, 0.15) is 5.00 Å². The highest BCUT2D eigenvalue weighted by molar-refractivity contribution is 7.18. The Bertz CT molecular complexity index is 357. The van der Waals surface area contributed by atoms with Crippen molar-refractivity contribution in [2.75, 3.05) is 5.73 Å². The van der Waals surface area contributed by atoms with E-state index in [4.69, 9.17) is 10.8 Å². The number of hydrogen-bond donors (Lipinski definition) is 2. The summed E-state index contributed by atoms with van der Waals surface area (Å²) in [5.74, 6) is -1.07. The summed E-state index contributed by atoms with van der Waals surface area (Å²) in [6.07, 6.45) is 1.15. The summed E-state index contributed by atoms with van der Waals surface area (Å²) in [6, 6.07) is 0. The van der Waals surface area contributed by atoms with Gasteiger partial charge in [0.15, 0.2) is 6.29 Å². The fraction of sp³-hybridized carbons (Fsp3) is 0.250. The summed E-state index contributed by atoms with van der Waals surface area (Å²) in [4.78, 5) is 21.7. The summed E-state index contributed by atoms with van der Waals surface area (Å²) in [5, 5.41) is 9.00. The van der Waals surface area contributed by atoms with Crippen LogP contribution in [0.3, 0.4) is 0 Å². The summed E-state index contributed by atoms with van der Waals surface area (Å²) < 4.78 is 0. The second-order valence-electron chi connectivity index (χ2n) is 2.46. The monoisotopic (exact) mass is 199 g/mol. The molecule has 0 bridgehead atoms. The fourth-order valence-corrected chi connectivity index (χ4v) is 2.15. The van der Waals surface area contributed by atoms with Gasteiger partial charge in [-0.1, -0.05) is 6.92 Å². The lowest BCUT2D eigenvalue weighted by Gasteiger charge is -1.96. The Labute approximate surface area is 79.0 Å². The molecule has 70 valence electrons. The minimum absolute atomic E-state index is 0.0783. The van der Waals surface area contributed by atoms with Crippen LogP contribution < -0.4 is 5.73 Å². The number of nitrogen functional groups attached to an aromatic ring is 1. The second kappa shape index (κ2) is 3.57. The normalized spacial score (nSPS) is 9.92. The Morgan fingerprint density at radius 2 is 2.31 bits per heavy atom. The van der Waals surface area contributed by atoms with Crippen LogP contribution in [0.2, 0.25) is 0 Å². The van der Waals surface area contributed by atoms with Gasteiger partial charge in [-0.25, -0.2) is 4.79 Å². The van der Waals surface area contributed by atoms with Gasteiger partial charge < -0.3 is 10.8 Å². The van der Waals surface area contributed by atoms with E-state index in [9.17, 15) is 9.59 Å². The standard InChI is InChI=1S/C8H9NO3S/c1-2-4-5(3-10)13-7(9)6(4)8(11)12/h3H,2,9H2,1H3,(H,11,12). The molecule has 0 unspecified atom stereocenters. The number of carboxylic acid groups (broad SMARTS) is 1. The minimum atomic E-state index is -1.07. The SMILES string of the molecule is CCc1c(C=O)sc(N)c1C(=O)O. The lowest BCUT2D eigenvalue weighted by molar-refractivity contribution is 0.0697. The van der Waals surface area contributed by atoms with Crippen LogP contribution in [0.15, 0.2) is 0 Å². The lowest BCUT2D eigenvalue weighted by atomic mass is 10.1. The third-order valence-electron chi connectivity index (χ3n) is 1.74. The van der Waals surface area contributed by atoms with Gasteiger partial charge >= 0.3 is 5.97 Å². The molecule has 1 rings (SSSR count). The zero-order valence-corrected chi connectivity index (χ0v) is 7.85. The van der Waals surface area contributed by atoms with E-state index in [1.807, 2.05) is 0 Å². The van der Waals surface area contributed by atoms with E-state index in [1.54, 1.807) is 6.92 Å². The summed E-state index contributed by atoms with van der Waals surface area (Å²) in [5.41, 5.74) is 6.08. The number of nitrogens with two attached hydrogens (primary N) is 1. The van der Waals surface area contributed by atoms with Crippen molar-refractivity contribution in [1.82, 2.24) is 0 Å². The zero-order chi connectivity index (χ0) is 10.0. The Hall–Kier alpha value is -1.36. The molecule has 0 atom stereocenters. The molecule has 1 heterocycles. The first-order chi connectivity index (χ1) is 6.11. The molecule has 0 fully saturated rings. The first-order valence-corrected chi connectivity index (χ1v) is 4.53. The van der Waals surface area contributed by atoms with E-state index in [1.165, 1.54) is 0 Å². The first kappa shape index (κ1) is 9.73. The fourth-order valence-electron chi connectivity index (χ4n) is 1.18. The zero-order valence-electron chi connectivity index (χ0n) is 7.03. The number of carbonyl (C=O) groups is 2. The molecule has 4 nitrogen and oxygen atoms in total. The lowest BCUT2D eigenvalue weighted by Crippen LogP contribution is -2.02. The maximum Gasteiger partial charge on any atom is 0.338 e. The summed E-state index contributed by atoms with van der Waals surface area (Å²) in [7, 11) is 0. The smallest absolute Gasteiger partial charge is 0.338 e. The third-order valence-corrected chi connectivity index (χ3v) is 2.73. The predicted octanol–water partition coefficient (Wildman–Crippen LogP) is 1.40. The van der Waals surface area contributed by atoms with Gasteiger partial charge in [0.05, 0.1) is 10.4 Å². The summed E-state index contributed by atoms with van der Waals surface area (Å²) >= 11 is 1.02. The van der Waals surface area contributed by atoms with E-state index in [2.05, 4.69) is 0 Å². The van der Waals surface area contributed by atoms with Crippen LogP contribution in [0.1, 0.15) is 32.5 Å². The maximum atomic E-state index is 10.7. The highest BCUT2D eigenvalue weighted by Crippen LogP contribution is 2.30. The molecule has 0 aliphatic carbocycles. The molecule has 0 saturated carbocycles. The average molecular weight is 199 g/mol. The Kier molecular flexibility index (Phi) is 2.67. The number of hydrogen-bond acceptors (Lipinski definition) is 4. The Morgan fingerprint density at radius 1 is 1.69 bits per heavy atom. The molecule has 0 spiro atoms. The van der Waals surface area contributed by atoms with Crippen LogP contribution in [0.4, 0.5) is 5.00 Å². The van der Waals surface area contributed by atoms with Crippen LogP contribution >= 0.6 is 11.3 Å². The molecule has 0 saturated heterocycles. The minimum Gasteiger partial charge on any atom is -0.478 e. The van der Waals surface area contributed by atoms with Crippen LogP contribution in [0.25, 0.3) is 0 Å². The van der Waals surface area contributed by atoms with Gasteiger partial charge in [0.25, 0.3) is 0 Å². The molecule has 3 N–H and O–H groups in total. The molecule has 0 aromatic carbocycles. The number of aromatic carboxylic acids is 1. The van der Waals surface area contributed by atoms with Crippen molar-refractivity contribution >= 4 is 28.6 Å². The molecular formula is C8H9NO3S. The van der Waals surface area contributed by atoms with Gasteiger partial charge in [0, 0.05) is 0 Å². The largest absolute Gasteiger partial charge is 0.478 e. The van der Waals surface area contributed by atoms with Crippen LogP contribution in [-0.4, -0.2) is 17.4 Å². The van der Waals surface area contributed by atoms with Crippen LogP contribution in [0, 0.1) is 0 Å². The van der Waals surface area contributed by atoms with Gasteiger partial charge in [0.2, 0.25) is 0 Å². The highest BCUT2D eigenvalue weighted by Gasteiger charge is 2.19. The van der Waals surface area contributed by atoms with Gasteiger partial charge in [-0.2, -0.15) is 0 Å². The number of aldehydes is 1. The van der Waals surface area contributed by atoms with Crippen molar-refractivity contribution in [3.8, 4) is 0 Å². The second-order valence-corrected chi connectivity index (χ2v) is 3.54.